The van der Waals surface area contributed by atoms with Crippen LogP contribution in [0, 0.1) is 0 Å². The van der Waals surface area contributed by atoms with Crippen molar-refractivity contribution in [2.45, 2.75) is 32.3 Å². The molecule has 0 spiro atoms. The third kappa shape index (κ3) is 6.32. The van der Waals surface area contributed by atoms with E-state index in [9.17, 15) is 9.90 Å². The zero-order valence-electron chi connectivity index (χ0n) is 16.5. The molecule has 1 heterocycles. The maximum Gasteiger partial charge on any atom is 0.130 e. The largest absolute Gasteiger partial charge is 0.491 e. The predicted octanol–water partition coefficient (Wildman–Crippen LogP) is 3.74. The number of aliphatic hydroxyl groups excluding tert-OH is 1. The van der Waals surface area contributed by atoms with Crippen molar-refractivity contribution in [3.05, 3.63) is 71.8 Å². The second-order valence-electron chi connectivity index (χ2n) is 7.42. The molecule has 3 rings (SSSR count). The van der Waals surface area contributed by atoms with Crippen LogP contribution >= 0.6 is 0 Å². The molecule has 2 aromatic carbocycles. The van der Waals surface area contributed by atoms with Gasteiger partial charge in [0.2, 0.25) is 0 Å². The lowest BCUT2D eigenvalue weighted by Crippen LogP contribution is -2.38. The summed E-state index contributed by atoms with van der Waals surface area (Å²) in [6.45, 7) is 4.29. The number of Topliss-reactive ketones (excluding diaryl/α,β-unsaturated/α-hetero) is 1. The minimum Gasteiger partial charge on any atom is -0.491 e. The molecular formula is C24H29NO3. The van der Waals surface area contributed by atoms with Gasteiger partial charge in [-0.05, 0) is 48.6 Å². The van der Waals surface area contributed by atoms with Gasteiger partial charge in [0.15, 0.2) is 0 Å². The highest BCUT2D eigenvalue weighted by Gasteiger charge is 2.16. The summed E-state index contributed by atoms with van der Waals surface area (Å²) in [5.41, 5.74) is 3.79. The van der Waals surface area contributed by atoms with E-state index in [4.69, 9.17) is 4.74 Å². The molecule has 0 aliphatic carbocycles. The first-order chi connectivity index (χ1) is 13.6. The molecule has 1 aliphatic heterocycles. The molecule has 4 nitrogen and oxygen atoms in total. The van der Waals surface area contributed by atoms with Crippen LogP contribution in [0.4, 0.5) is 0 Å². The number of hydrogen-bond donors (Lipinski definition) is 1. The zero-order chi connectivity index (χ0) is 19.8. The average molecular weight is 380 g/mol. The monoisotopic (exact) mass is 379 g/mol. The minimum atomic E-state index is -0.524. The van der Waals surface area contributed by atoms with Gasteiger partial charge in [-0.15, -0.1) is 0 Å². The van der Waals surface area contributed by atoms with E-state index in [1.807, 2.05) is 30.3 Å². The van der Waals surface area contributed by atoms with Crippen LogP contribution in [-0.2, 0) is 11.2 Å². The van der Waals surface area contributed by atoms with Gasteiger partial charge in [-0.3, -0.25) is 4.90 Å². The molecule has 1 unspecified atom stereocenters. The molecule has 0 radical (unpaired) electrons. The van der Waals surface area contributed by atoms with Gasteiger partial charge in [-0.2, -0.15) is 0 Å². The van der Waals surface area contributed by atoms with E-state index in [2.05, 4.69) is 35.2 Å². The van der Waals surface area contributed by atoms with Gasteiger partial charge < -0.3 is 14.6 Å². The number of hydrogen-bond acceptors (Lipinski definition) is 4. The van der Waals surface area contributed by atoms with Crippen molar-refractivity contribution in [3.8, 4) is 5.75 Å². The Morgan fingerprint density at radius 2 is 1.89 bits per heavy atom. The van der Waals surface area contributed by atoms with Gasteiger partial charge in [0, 0.05) is 26.1 Å². The molecule has 4 heteroatoms. The van der Waals surface area contributed by atoms with E-state index in [-0.39, 0.29) is 12.4 Å². The van der Waals surface area contributed by atoms with Crippen molar-refractivity contribution in [1.29, 1.82) is 0 Å². The number of β-amino-alcohol motifs (C(OH)–C–C–N with tert-alkyl or cyclic N) is 1. The number of benzene rings is 2. The Bertz CT molecular complexity index is 783. The van der Waals surface area contributed by atoms with E-state index >= 15 is 0 Å². The molecule has 0 amide bonds. The average Bonchev–Trinajstić information content (AvgIpc) is 2.73. The number of aryl methyl sites for hydroxylation is 1. The van der Waals surface area contributed by atoms with E-state index in [0.29, 0.717) is 13.0 Å². The molecular weight excluding hydrogens is 350 g/mol. The summed E-state index contributed by atoms with van der Waals surface area (Å²) < 4.78 is 5.72. The Labute approximate surface area is 167 Å². The summed E-state index contributed by atoms with van der Waals surface area (Å²) >= 11 is 0. The number of nitrogens with zero attached hydrogens (tertiary/aromatic N) is 1. The lowest BCUT2D eigenvalue weighted by molar-refractivity contribution is -0.116. The molecule has 28 heavy (non-hydrogen) atoms. The van der Waals surface area contributed by atoms with Crippen molar-refractivity contribution < 1.29 is 14.6 Å². The van der Waals surface area contributed by atoms with Gasteiger partial charge in [-0.1, -0.05) is 48.5 Å². The van der Waals surface area contributed by atoms with E-state index in [0.717, 1.165) is 37.2 Å². The Hall–Kier alpha value is -2.43. The lowest BCUT2D eigenvalue weighted by atomic mass is 9.99. The molecule has 148 valence electrons. The Kier molecular flexibility index (Phi) is 7.40. The first-order valence-electron chi connectivity index (χ1n) is 9.96. The maximum absolute atomic E-state index is 11.1. The second-order valence-corrected chi connectivity index (χ2v) is 7.42. The Morgan fingerprint density at radius 3 is 2.54 bits per heavy atom. The number of rotatable bonds is 9. The molecule has 1 aliphatic rings. The third-order valence-electron chi connectivity index (χ3n) is 5.04. The van der Waals surface area contributed by atoms with Crippen LogP contribution in [0.1, 0.15) is 30.9 Å². The summed E-state index contributed by atoms with van der Waals surface area (Å²) in [5.74, 6) is 0.947. The number of carbonyl (C=O) groups is 1. The maximum atomic E-state index is 11.1. The smallest absolute Gasteiger partial charge is 0.130 e. The van der Waals surface area contributed by atoms with Crippen LogP contribution in [0.5, 0.6) is 5.75 Å². The first-order valence-corrected chi connectivity index (χ1v) is 9.96. The topological polar surface area (TPSA) is 49.8 Å². The van der Waals surface area contributed by atoms with Crippen LogP contribution < -0.4 is 4.74 Å². The van der Waals surface area contributed by atoms with Crippen molar-refractivity contribution in [2.75, 3.05) is 26.2 Å². The summed E-state index contributed by atoms with van der Waals surface area (Å²) in [4.78, 5) is 13.3. The van der Waals surface area contributed by atoms with Crippen LogP contribution in [0.25, 0.3) is 5.57 Å². The van der Waals surface area contributed by atoms with Crippen molar-refractivity contribution >= 4 is 11.4 Å². The van der Waals surface area contributed by atoms with E-state index < -0.39 is 6.10 Å². The molecule has 1 atom stereocenters. The van der Waals surface area contributed by atoms with E-state index in [1.165, 1.54) is 11.1 Å². The number of aliphatic hydroxyl groups is 1. The fraction of sp³-hybridized carbons (Fsp3) is 0.375. The molecule has 0 saturated carbocycles. The quantitative estimate of drug-likeness (QED) is 0.721. The highest BCUT2D eigenvalue weighted by molar-refractivity contribution is 5.75. The van der Waals surface area contributed by atoms with Crippen molar-refractivity contribution in [3.63, 3.8) is 0 Å². The predicted molar refractivity (Wildman–Crippen MR) is 112 cm³/mol. The van der Waals surface area contributed by atoms with Crippen LogP contribution in [0.2, 0.25) is 0 Å². The SMILES string of the molecule is CC(=O)CCc1ccc(OCC(O)CN2CC=C(c3ccccc3)CC2)cc1. The normalized spacial score (nSPS) is 15.7. The van der Waals surface area contributed by atoms with Crippen molar-refractivity contribution in [1.82, 2.24) is 4.90 Å². The Morgan fingerprint density at radius 1 is 1.14 bits per heavy atom. The highest BCUT2D eigenvalue weighted by Crippen LogP contribution is 2.22. The standard InChI is InChI=1S/C24H29NO3/c1-19(26)7-8-20-9-11-24(12-10-20)28-18-23(27)17-25-15-13-22(14-16-25)21-5-3-2-4-6-21/h2-6,9-13,23,27H,7-8,14-18H2,1H3. The van der Waals surface area contributed by atoms with Gasteiger partial charge >= 0.3 is 0 Å². The van der Waals surface area contributed by atoms with Crippen LogP contribution in [0.3, 0.4) is 0 Å². The molecule has 2 aromatic rings. The highest BCUT2D eigenvalue weighted by atomic mass is 16.5. The molecule has 1 N–H and O–H groups in total. The number of ketones is 1. The number of carbonyl (C=O) groups excluding carboxylic acids is 1. The summed E-state index contributed by atoms with van der Waals surface area (Å²) in [6, 6.07) is 18.2. The lowest BCUT2D eigenvalue weighted by Gasteiger charge is -2.28. The number of ether oxygens (including phenoxy) is 1. The van der Waals surface area contributed by atoms with Crippen molar-refractivity contribution in [2.24, 2.45) is 0 Å². The molecule has 0 bridgehead atoms. The van der Waals surface area contributed by atoms with Crippen LogP contribution in [-0.4, -0.2) is 48.1 Å². The summed E-state index contributed by atoms with van der Waals surface area (Å²) in [6.07, 6.45) is 4.05. The fourth-order valence-corrected chi connectivity index (χ4v) is 3.41. The van der Waals surface area contributed by atoms with Gasteiger partial charge in [-0.25, -0.2) is 0 Å². The van der Waals surface area contributed by atoms with Crippen LogP contribution in [0.15, 0.2) is 60.7 Å². The zero-order valence-corrected chi connectivity index (χ0v) is 16.5. The van der Waals surface area contributed by atoms with Gasteiger partial charge in [0.05, 0.1) is 0 Å². The van der Waals surface area contributed by atoms with Gasteiger partial charge in [0.25, 0.3) is 0 Å². The molecule has 0 saturated heterocycles. The molecule has 0 aromatic heterocycles. The van der Waals surface area contributed by atoms with Gasteiger partial charge in [0.1, 0.15) is 24.2 Å². The second kappa shape index (κ2) is 10.2. The fourth-order valence-electron chi connectivity index (χ4n) is 3.41. The van der Waals surface area contributed by atoms with E-state index in [1.54, 1.807) is 6.92 Å². The summed E-state index contributed by atoms with van der Waals surface area (Å²) in [5, 5.41) is 10.3. The Balaban J connectivity index is 1.41. The third-order valence-corrected chi connectivity index (χ3v) is 5.04. The first kappa shape index (κ1) is 20.3. The summed E-state index contributed by atoms with van der Waals surface area (Å²) in [7, 11) is 0. The molecule has 0 fully saturated rings. The minimum absolute atomic E-state index is 0.201.